The number of hydrogen-bond donors (Lipinski definition) is 0. The van der Waals surface area contributed by atoms with E-state index in [0.717, 1.165) is 49.3 Å². The molecule has 1 fully saturated rings. The van der Waals surface area contributed by atoms with E-state index in [1.165, 1.54) is 18.9 Å². The van der Waals surface area contributed by atoms with Crippen LogP contribution in [0.5, 0.6) is 5.75 Å². The van der Waals surface area contributed by atoms with Crippen molar-refractivity contribution < 1.29 is 22.3 Å². The van der Waals surface area contributed by atoms with E-state index in [2.05, 4.69) is 11.7 Å². The highest BCUT2D eigenvalue weighted by molar-refractivity contribution is 5.66. The minimum Gasteiger partial charge on any atom is -0.457 e. The molecule has 2 aromatic carbocycles. The van der Waals surface area contributed by atoms with Gasteiger partial charge in [-0.25, -0.2) is 17.6 Å². The van der Waals surface area contributed by atoms with Crippen molar-refractivity contribution in [2.45, 2.75) is 51.4 Å². The molecular weight excluding hydrogens is 356 g/mol. The molecule has 5 heteroatoms. The Kier molecular flexibility index (Phi) is 6.40. The van der Waals surface area contributed by atoms with Crippen LogP contribution in [0.1, 0.15) is 56.9 Å². The molecule has 0 aromatic heterocycles. The normalized spacial score (nSPS) is 19.9. The van der Waals surface area contributed by atoms with Gasteiger partial charge in [0.1, 0.15) is 5.82 Å². The fourth-order valence-electron chi connectivity index (χ4n) is 4.12. The van der Waals surface area contributed by atoms with E-state index in [1.807, 2.05) is 6.07 Å². The molecule has 1 nitrogen and oxygen atoms in total. The Morgan fingerprint density at radius 2 is 1.59 bits per heavy atom. The van der Waals surface area contributed by atoms with Gasteiger partial charge in [0.05, 0.1) is 0 Å². The summed E-state index contributed by atoms with van der Waals surface area (Å²) in [4.78, 5) is 0. The van der Waals surface area contributed by atoms with E-state index >= 15 is 0 Å². The molecule has 0 bridgehead atoms. The molecule has 2 aromatic rings. The summed E-state index contributed by atoms with van der Waals surface area (Å²) in [5, 5.41) is 0. The maximum atomic E-state index is 14.7. The van der Waals surface area contributed by atoms with Crippen molar-refractivity contribution in [2.75, 3.05) is 6.86 Å². The summed E-state index contributed by atoms with van der Waals surface area (Å²) in [7, 11) is 0. The van der Waals surface area contributed by atoms with Crippen molar-refractivity contribution in [3.05, 3.63) is 53.3 Å². The second kappa shape index (κ2) is 8.77. The minimum atomic E-state index is -1.34. The van der Waals surface area contributed by atoms with Crippen LogP contribution in [0.25, 0.3) is 11.1 Å². The van der Waals surface area contributed by atoms with E-state index in [1.54, 1.807) is 6.07 Å². The summed E-state index contributed by atoms with van der Waals surface area (Å²) < 4.78 is 59.0. The summed E-state index contributed by atoms with van der Waals surface area (Å²) in [6.45, 7) is 0.860. The molecule has 0 aliphatic heterocycles. The van der Waals surface area contributed by atoms with Crippen LogP contribution in [-0.2, 0) is 0 Å². The fraction of sp³-hybridized carbons (Fsp3) is 0.455. The van der Waals surface area contributed by atoms with Crippen LogP contribution >= 0.6 is 0 Å². The smallest absolute Gasteiger partial charge is 0.228 e. The molecule has 0 atom stereocenters. The molecule has 0 unspecified atom stereocenters. The van der Waals surface area contributed by atoms with Crippen LogP contribution in [0.3, 0.4) is 0 Å². The Morgan fingerprint density at radius 3 is 2.15 bits per heavy atom. The van der Waals surface area contributed by atoms with Crippen molar-refractivity contribution >= 4 is 0 Å². The Balaban J connectivity index is 1.80. The van der Waals surface area contributed by atoms with Gasteiger partial charge in [-0.2, -0.15) is 0 Å². The first-order chi connectivity index (χ1) is 13.0. The highest BCUT2D eigenvalue weighted by Crippen LogP contribution is 2.39. The first-order valence-electron chi connectivity index (χ1n) is 9.51. The molecule has 3 rings (SSSR count). The minimum absolute atomic E-state index is 0.0620. The van der Waals surface area contributed by atoms with Crippen molar-refractivity contribution in [2.24, 2.45) is 5.92 Å². The van der Waals surface area contributed by atoms with Gasteiger partial charge in [-0.05, 0) is 66.8 Å². The number of hydrogen-bond acceptors (Lipinski definition) is 1. The number of halogens is 4. The van der Waals surface area contributed by atoms with Crippen LogP contribution in [0, 0.1) is 23.4 Å². The van der Waals surface area contributed by atoms with E-state index in [-0.39, 0.29) is 11.1 Å². The van der Waals surface area contributed by atoms with Crippen LogP contribution in [0.4, 0.5) is 17.6 Å². The van der Waals surface area contributed by atoms with E-state index < -0.39 is 30.1 Å². The predicted octanol–water partition coefficient (Wildman–Crippen LogP) is 7.15. The average Bonchev–Trinajstić information content (AvgIpc) is 2.65. The molecule has 0 saturated heterocycles. The lowest BCUT2D eigenvalue weighted by molar-refractivity contribution is 0.176. The van der Waals surface area contributed by atoms with Gasteiger partial charge < -0.3 is 4.74 Å². The summed E-state index contributed by atoms with van der Waals surface area (Å²) in [5.74, 6) is -2.31. The third-order valence-corrected chi connectivity index (χ3v) is 5.52. The lowest BCUT2D eigenvalue weighted by atomic mass is 9.77. The Bertz CT molecular complexity index is 759. The number of alkyl halides is 1. The van der Waals surface area contributed by atoms with Crippen LogP contribution in [-0.4, -0.2) is 6.86 Å². The van der Waals surface area contributed by atoms with Crippen LogP contribution < -0.4 is 4.74 Å². The number of rotatable bonds is 6. The molecule has 0 heterocycles. The van der Waals surface area contributed by atoms with Gasteiger partial charge in [0.2, 0.25) is 6.86 Å². The van der Waals surface area contributed by atoms with Gasteiger partial charge in [-0.15, -0.1) is 0 Å². The Labute approximate surface area is 157 Å². The second-order valence-corrected chi connectivity index (χ2v) is 7.27. The lowest BCUT2D eigenvalue weighted by Gasteiger charge is -2.28. The quantitative estimate of drug-likeness (QED) is 0.484. The highest BCUT2D eigenvalue weighted by atomic mass is 19.1. The number of ether oxygens (including phenoxy) is 1. The van der Waals surface area contributed by atoms with Gasteiger partial charge in [0.15, 0.2) is 17.4 Å². The predicted molar refractivity (Wildman–Crippen MR) is 98.0 cm³/mol. The molecule has 0 N–H and O–H groups in total. The maximum Gasteiger partial charge on any atom is 0.228 e. The second-order valence-electron chi connectivity index (χ2n) is 7.27. The Hall–Kier alpha value is -2.04. The third-order valence-electron chi connectivity index (χ3n) is 5.52. The van der Waals surface area contributed by atoms with E-state index in [0.29, 0.717) is 5.92 Å². The van der Waals surface area contributed by atoms with E-state index in [4.69, 9.17) is 0 Å². The van der Waals surface area contributed by atoms with E-state index in [9.17, 15) is 17.6 Å². The molecule has 0 amide bonds. The molecular formula is C22H24F4O. The third kappa shape index (κ3) is 4.45. The topological polar surface area (TPSA) is 9.23 Å². The summed E-state index contributed by atoms with van der Waals surface area (Å²) >= 11 is 0. The first-order valence-corrected chi connectivity index (χ1v) is 9.51. The standard InChI is InChI=1S/C22H24F4O/c1-2-3-14-4-6-15(7-5-14)16-8-9-18(19(24)10-16)17-11-20(25)22(27-13-23)21(26)12-17/h8-12,14-15H,2-7,13H2,1H3. The SMILES string of the molecule is CCCC1CCC(c2ccc(-c3cc(F)c(OCF)c(F)c3)c(F)c2)CC1. The fourth-order valence-corrected chi connectivity index (χ4v) is 4.12. The molecule has 146 valence electrons. The lowest BCUT2D eigenvalue weighted by Crippen LogP contribution is -2.13. The van der Waals surface area contributed by atoms with Gasteiger partial charge in [0.25, 0.3) is 0 Å². The van der Waals surface area contributed by atoms with Crippen LogP contribution in [0.15, 0.2) is 30.3 Å². The molecule has 0 spiro atoms. The zero-order chi connectivity index (χ0) is 19.4. The zero-order valence-electron chi connectivity index (χ0n) is 15.4. The van der Waals surface area contributed by atoms with Gasteiger partial charge >= 0.3 is 0 Å². The van der Waals surface area contributed by atoms with Crippen molar-refractivity contribution in [1.82, 2.24) is 0 Å². The maximum absolute atomic E-state index is 14.7. The van der Waals surface area contributed by atoms with Gasteiger partial charge in [0, 0.05) is 5.56 Å². The summed E-state index contributed by atoms with van der Waals surface area (Å²) in [6.07, 6.45) is 6.85. The summed E-state index contributed by atoms with van der Waals surface area (Å²) in [5.41, 5.74) is 1.11. The van der Waals surface area contributed by atoms with Crippen molar-refractivity contribution in [3.63, 3.8) is 0 Å². The van der Waals surface area contributed by atoms with Gasteiger partial charge in [-0.1, -0.05) is 31.9 Å². The molecule has 1 aliphatic rings. The average molecular weight is 380 g/mol. The zero-order valence-corrected chi connectivity index (χ0v) is 15.4. The number of benzene rings is 2. The molecule has 1 aliphatic carbocycles. The van der Waals surface area contributed by atoms with Crippen molar-refractivity contribution in [1.29, 1.82) is 0 Å². The summed E-state index contributed by atoms with van der Waals surface area (Å²) in [6, 6.07) is 6.80. The van der Waals surface area contributed by atoms with Crippen molar-refractivity contribution in [3.8, 4) is 16.9 Å². The largest absolute Gasteiger partial charge is 0.457 e. The monoisotopic (exact) mass is 380 g/mol. The molecule has 27 heavy (non-hydrogen) atoms. The molecule has 1 saturated carbocycles. The Morgan fingerprint density at radius 1 is 0.926 bits per heavy atom. The highest BCUT2D eigenvalue weighted by Gasteiger charge is 2.23. The molecule has 0 radical (unpaired) electrons. The van der Waals surface area contributed by atoms with Crippen LogP contribution in [0.2, 0.25) is 0 Å². The van der Waals surface area contributed by atoms with Gasteiger partial charge in [-0.3, -0.25) is 0 Å². The first kappa shape index (κ1) is 19.7.